The molecular weight excluding hydrogens is 230 g/mol. The zero-order valence-electron chi connectivity index (χ0n) is 12.0. The number of rotatable bonds is 11. The molecule has 0 aliphatic heterocycles. The molecule has 1 rings (SSSR count). The second-order valence-corrected chi connectivity index (χ2v) is 5.00. The molecule has 0 aromatic carbocycles. The highest BCUT2D eigenvalue weighted by atomic mass is 16.5. The standard InChI is InChI=1S/C14H29NO3/c1-13(14-5-3-4-6-14)15-7-8-17-11-12-18-10-9-16-2/h13-15H,3-12H2,1-2H3/t13-/m1/s1. The molecule has 0 heterocycles. The van der Waals surface area contributed by atoms with Gasteiger partial charge in [0.2, 0.25) is 0 Å². The van der Waals surface area contributed by atoms with Crippen molar-refractivity contribution in [2.24, 2.45) is 5.92 Å². The molecular formula is C14H29NO3. The first-order valence-electron chi connectivity index (χ1n) is 7.22. The molecule has 0 aromatic heterocycles. The smallest absolute Gasteiger partial charge is 0.0701 e. The van der Waals surface area contributed by atoms with Crippen LogP contribution in [0, 0.1) is 5.92 Å². The van der Waals surface area contributed by atoms with Gasteiger partial charge in [-0.15, -0.1) is 0 Å². The van der Waals surface area contributed by atoms with Crippen molar-refractivity contribution in [3.05, 3.63) is 0 Å². The third-order valence-electron chi connectivity index (χ3n) is 3.62. The van der Waals surface area contributed by atoms with Gasteiger partial charge in [-0.2, -0.15) is 0 Å². The van der Waals surface area contributed by atoms with E-state index in [9.17, 15) is 0 Å². The van der Waals surface area contributed by atoms with Crippen LogP contribution >= 0.6 is 0 Å². The predicted molar refractivity (Wildman–Crippen MR) is 72.9 cm³/mol. The van der Waals surface area contributed by atoms with Crippen molar-refractivity contribution in [2.45, 2.75) is 38.6 Å². The van der Waals surface area contributed by atoms with Crippen molar-refractivity contribution in [1.82, 2.24) is 5.32 Å². The Morgan fingerprint density at radius 1 is 1.00 bits per heavy atom. The van der Waals surface area contributed by atoms with Crippen molar-refractivity contribution >= 4 is 0 Å². The summed E-state index contributed by atoms with van der Waals surface area (Å²) in [6.45, 7) is 6.63. The Balaban J connectivity index is 1.80. The molecule has 0 amide bonds. The molecule has 0 saturated heterocycles. The number of nitrogens with one attached hydrogen (secondary N) is 1. The molecule has 1 fully saturated rings. The van der Waals surface area contributed by atoms with Gasteiger partial charge < -0.3 is 19.5 Å². The maximum Gasteiger partial charge on any atom is 0.0701 e. The summed E-state index contributed by atoms with van der Waals surface area (Å²) in [4.78, 5) is 0. The number of methoxy groups -OCH3 is 1. The first-order valence-corrected chi connectivity index (χ1v) is 7.22. The summed E-state index contributed by atoms with van der Waals surface area (Å²) in [7, 11) is 1.68. The summed E-state index contributed by atoms with van der Waals surface area (Å²) >= 11 is 0. The Kier molecular flexibility index (Phi) is 9.48. The van der Waals surface area contributed by atoms with Crippen LogP contribution in [0.2, 0.25) is 0 Å². The molecule has 18 heavy (non-hydrogen) atoms. The Hall–Kier alpha value is -0.160. The lowest BCUT2D eigenvalue weighted by molar-refractivity contribution is 0.0250. The van der Waals surface area contributed by atoms with Crippen LogP contribution < -0.4 is 5.32 Å². The van der Waals surface area contributed by atoms with E-state index in [1.807, 2.05) is 0 Å². The highest BCUT2D eigenvalue weighted by Crippen LogP contribution is 2.27. The average Bonchev–Trinajstić information content (AvgIpc) is 2.90. The molecule has 0 radical (unpaired) electrons. The largest absolute Gasteiger partial charge is 0.382 e. The molecule has 0 unspecified atom stereocenters. The molecule has 1 aliphatic rings. The second-order valence-electron chi connectivity index (χ2n) is 5.00. The SMILES string of the molecule is COCCOCCOCCN[C@H](C)C1CCCC1. The van der Waals surface area contributed by atoms with Crippen molar-refractivity contribution in [2.75, 3.05) is 46.7 Å². The fourth-order valence-corrected chi connectivity index (χ4v) is 2.45. The average molecular weight is 259 g/mol. The van der Waals surface area contributed by atoms with E-state index in [2.05, 4.69) is 12.2 Å². The lowest BCUT2D eigenvalue weighted by atomic mass is 10.00. The predicted octanol–water partition coefficient (Wildman–Crippen LogP) is 1.83. The maximum absolute atomic E-state index is 5.50. The quantitative estimate of drug-likeness (QED) is 0.575. The van der Waals surface area contributed by atoms with Crippen molar-refractivity contribution < 1.29 is 14.2 Å². The Labute approximate surface area is 111 Å². The van der Waals surface area contributed by atoms with Crippen LogP contribution in [0.25, 0.3) is 0 Å². The van der Waals surface area contributed by atoms with E-state index >= 15 is 0 Å². The number of hydrogen-bond donors (Lipinski definition) is 1. The van der Waals surface area contributed by atoms with Crippen LogP contribution in [0.5, 0.6) is 0 Å². The van der Waals surface area contributed by atoms with E-state index in [0.717, 1.165) is 19.1 Å². The van der Waals surface area contributed by atoms with Crippen molar-refractivity contribution in [3.8, 4) is 0 Å². The van der Waals surface area contributed by atoms with Crippen LogP contribution in [0.4, 0.5) is 0 Å². The molecule has 1 N–H and O–H groups in total. The van der Waals surface area contributed by atoms with Crippen molar-refractivity contribution in [1.29, 1.82) is 0 Å². The third kappa shape index (κ3) is 7.31. The van der Waals surface area contributed by atoms with Gasteiger partial charge in [0.05, 0.1) is 33.0 Å². The molecule has 0 bridgehead atoms. The van der Waals surface area contributed by atoms with Gasteiger partial charge in [-0.25, -0.2) is 0 Å². The zero-order chi connectivity index (χ0) is 13.1. The fraction of sp³-hybridized carbons (Fsp3) is 1.00. The number of hydrogen-bond acceptors (Lipinski definition) is 4. The van der Waals surface area contributed by atoms with E-state index in [-0.39, 0.29) is 0 Å². The molecule has 108 valence electrons. The van der Waals surface area contributed by atoms with Gasteiger partial charge >= 0.3 is 0 Å². The number of ether oxygens (including phenoxy) is 3. The first-order chi connectivity index (χ1) is 8.84. The van der Waals surface area contributed by atoms with E-state index < -0.39 is 0 Å². The summed E-state index contributed by atoms with van der Waals surface area (Å²) in [5.41, 5.74) is 0. The Morgan fingerprint density at radius 3 is 2.28 bits per heavy atom. The lowest BCUT2D eigenvalue weighted by Crippen LogP contribution is -2.34. The molecule has 4 nitrogen and oxygen atoms in total. The maximum atomic E-state index is 5.50. The van der Waals surface area contributed by atoms with Crippen molar-refractivity contribution in [3.63, 3.8) is 0 Å². The van der Waals surface area contributed by atoms with Crippen LogP contribution in [0.3, 0.4) is 0 Å². The summed E-state index contributed by atoms with van der Waals surface area (Å²) in [5.74, 6) is 0.877. The summed E-state index contributed by atoms with van der Waals surface area (Å²) < 4.78 is 15.7. The van der Waals surface area contributed by atoms with E-state index in [4.69, 9.17) is 14.2 Å². The first kappa shape index (κ1) is 15.9. The van der Waals surface area contributed by atoms with Gasteiger partial charge in [0, 0.05) is 19.7 Å². The summed E-state index contributed by atoms with van der Waals surface area (Å²) in [5, 5.41) is 3.55. The topological polar surface area (TPSA) is 39.7 Å². The van der Waals surface area contributed by atoms with Gasteiger partial charge in [0.25, 0.3) is 0 Å². The summed E-state index contributed by atoms with van der Waals surface area (Å²) in [6, 6.07) is 0.633. The molecule has 1 atom stereocenters. The lowest BCUT2D eigenvalue weighted by Gasteiger charge is -2.20. The Morgan fingerprint density at radius 2 is 1.61 bits per heavy atom. The second kappa shape index (κ2) is 10.7. The zero-order valence-corrected chi connectivity index (χ0v) is 12.0. The molecule has 1 saturated carbocycles. The van der Waals surface area contributed by atoms with Crippen LogP contribution in [-0.2, 0) is 14.2 Å². The van der Waals surface area contributed by atoms with E-state index in [1.54, 1.807) is 7.11 Å². The minimum absolute atomic E-state index is 0.633. The Bertz CT molecular complexity index is 184. The molecule has 1 aliphatic carbocycles. The van der Waals surface area contributed by atoms with Gasteiger partial charge in [-0.1, -0.05) is 12.8 Å². The highest BCUT2D eigenvalue weighted by molar-refractivity contribution is 4.76. The monoisotopic (exact) mass is 259 g/mol. The van der Waals surface area contributed by atoms with Crippen LogP contribution in [-0.4, -0.2) is 52.7 Å². The summed E-state index contributed by atoms with van der Waals surface area (Å²) in [6.07, 6.45) is 5.60. The third-order valence-corrected chi connectivity index (χ3v) is 3.62. The van der Waals surface area contributed by atoms with Gasteiger partial charge in [-0.05, 0) is 25.7 Å². The minimum atomic E-state index is 0.633. The van der Waals surface area contributed by atoms with E-state index in [1.165, 1.54) is 25.7 Å². The van der Waals surface area contributed by atoms with E-state index in [0.29, 0.717) is 32.5 Å². The van der Waals surface area contributed by atoms with Crippen LogP contribution in [0.15, 0.2) is 0 Å². The van der Waals surface area contributed by atoms with Gasteiger partial charge in [-0.3, -0.25) is 0 Å². The van der Waals surface area contributed by atoms with Crippen LogP contribution in [0.1, 0.15) is 32.6 Å². The molecule has 0 aromatic rings. The van der Waals surface area contributed by atoms with Gasteiger partial charge in [0.1, 0.15) is 0 Å². The molecule has 0 spiro atoms. The molecule has 4 heteroatoms. The van der Waals surface area contributed by atoms with Gasteiger partial charge in [0.15, 0.2) is 0 Å². The fourth-order valence-electron chi connectivity index (χ4n) is 2.45. The highest BCUT2D eigenvalue weighted by Gasteiger charge is 2.20. The normalized spacial score (nSPS) is 18.3. The minimum Gasteiger partial charge on any atom is -0.382 e.